The second-order valence-corrected chi connectivity index (χ2v) is 6.18. The van der Waals surface area contributed by atoms with E-state index >= 15 is 0 Å². The maximum Gasteiger partial charge on any atom is 0.410 e. The van der Waals surface area contributed by atoms with Crippen LogP contribution in [0.4, 0.5) is 4.79 Å². The normalized spacial score (nSPS) is 28.2. The molecule has 0 N–H and O–H groups in total. The van der Waals surface area contributed by atoms with Gasteiger partial charge in [-0.3, -0.25) is 0 Å². The molecule has 0 spiro atoms. The van der Waals surface area contributed by atoms with Crippen LogP contribution in [0.3, 0.4) is 0 Å². The summed E-state index contributed by atoms with van der Waals surface area (Å²) in [7, 11) is 0. The van der Waals surface area contributed by atoms with Crippen molar-refractivity contribution in [2.45, 2.75) is 65.0 Å². The third-order valence-corrected chi connectivity index (χ3v) is 4.65. The first-order chi connectivity index (χ1) is 7.97. The molecule has 2 fully saturated rings. The van der Waals surface area contributed by atoms with Crippen LogP contribution < -0.4 is 0 Å². The molecular weight excluding hydrogens is 214 g/mol. The molecule has 2 saturated heterocycles. The highest BCUT2D eigenvalue weighted by atomic mass is 16.6. The van der Waals surface area contributed by atoms with Crippen molar-refractivity contribution in [2.24, 2.45) is 11.8 Å². The number of cyclic esters (lactones) is 1. The molecule has 2 aliphatic rings. The highest BCUT2D eigenvalue weighted by Gasteiger charge is 2.49. The number of nitrogens with zero attached hydrogens (tertiary/aromatic N) is 1. The molecule has 3 heteroatoms. The van der Waals surface area contributed by atoms with Crippen molar-refractivity contribution in [3.8, 4) is 0 Å². The quantitative estimate of drug-likeness (QED) is 0.739. The fourth-order valence-corrected chi connectivity index (χ4v) is 3.46. The Hall–Kier alpha value is -0.730. The minimum atomic E-state index is -0.254. The Balaban J connectivity index is 2.24. The van der Waals surface area contributed by atoms with Gasteiger partial charge in [0.2, 0.25) is 0 Å². The van der Waals surface area contributed by atoms with E-state index in [0.717, 1.165) is 25.8 Å². The molecule has 1 unspecified atom stereocenters. The molecular formula is C14H25NO2. The van der Waals surface area contributed by atoms with Gasteiger partial charge in [0.05, 0.1) is 0 Å². The minimum Gasteiger partial charge on any atom is -0.442 e. The van der Waals surface area contributed by atoms with Crippen molar-refractivity contribution in [3.63, 3.8) is 0 Å². The van der Waals surface area contributed by atoms with Crippen LogP contribution in [0.15, 0.2) is 0 Å². The summed E-state index contributed by atoms with van der Waals surface area (Å²) in [5.74, 6) is 0.769. The summed E-state index contributed by atoms with van der Waals surface area (Å²) in [4.78, 5) is 14.1. The van der Waals surface area contributed by atoms with Gasteiger partial charge in [-0.2, -0.15) is 0 Å². The van der Waals surface area contributed by atoms with Crippen LogP contribution in [0.5, 0.6) is 0 Å². The number of hydrogen-bond donors (Lipinski definition) is 0. The molecule has 17 heavy (non-hydrogen) atoms. The fraction of sp³-hybridized carbons (Fsp3) is 0.929. The average molecular weight is 239 g/mol. The highest BCUT2D eigenvalue weighted by molar-refractivity contribution is 5.70. The number of ether oxygens (including phenoxy) is 1. The summed E-state index contributed by atoms with van der Waals surface area (Å²) in [6.45, 7) is 9.57. The molecule has 2 aliphatic heterocycles. The monoisotopic (exact) mass is 239 g/mol. The molecule has 3 nitrogen and oxygen atoms in total. The number of rotatable bonds is 2. The molecule has 1 amide bonds. The Bertz CT molecular complexity index is 291. The number of piperidine rings is 1. The molecule has 1 atom stereocenters. The largest absolute Gasteiger partial charge is 0.442 e. The standard InChI is InChI=1S/C14H25NO2/c1-10(2)14(11(3)4)9-12-7-5-6-8-15(12)13(16)17-14/h10-12H,5-9H2,1-4H3. The molecule has 0 aliphatic carbocycles. The summed E-state index contributed by atoms with van der Waals surface area (Å²) in [6, 6.07) is 0.412. The number of fused-ring (bicyclic) bond motifs is 1. The Labute approximate surface area is 105 Å². The van der Waals surface area contributed by atoms with Crippen molar-refractivity contribution in [3.05, 3.63) is 0 Å². The third-order valence-electron chi connectivity index (χ3n) is 4.65. The lowest BCUT2D eigenvalue weighted by Crippen LogP contribution is -2.60. The van der Waals surface area contributed by atoms with Gasteiger partial charge < -0.3 is 9.64 Å². The van der Waals surface area contributed by atoms with E-state index in [4.69, 9.17) is 4.74 Å². The molecule has 0 radical (unpaired) electrons. The van der Waals surface area contributed by atoms with E-state index in [9.17, 15) is 4.79 Å². The third kappa shape index (κ3) is 2.04. The van der Waals surface area contributed by atoms with Crippen LogP contribution in [0.2, 0.25) is 0 Å². The predicted octanol–water partition coefficient (Wildman–Crippen LogP) is 3.43. The van der Waals surface area contributed by atoms with Gasteiger partial charge >= 0.3 is 6.09 Å². The van der Waals surface area contributed by atoms with Crippen LogP contribution >= 0.6 is 0 Å². The number of carbonyl (C=O) groups excluding carboxylic acids is 1. The Morgan fingerprint density at radius 1 is 1.24 bits per heavy atom. The number of amides is 1. The molecule has 2 rings (SSSR count). The van der Waals surface area contributed by atoms with Gasteiger partial charge in [0.25, 0.3) is 0 Å². The van der Waals surface area contributed by atoms with Crippen LogP contribution in [0.25, 0.3) is 0 Å². The first-order valence-electron chi connectivity index (χ1n) is 6.97. The average Bonchev–Trinajstić information content (AvgIpc) is 2.28. The van der Waals surface area contributed by atoms with E-state index in [-0.39, 0.29) is 11.7 Å². The van der Waals surface area contributed by atoms with E-state index in [0.29, 0.717) is 17.9 Å². The Morgan fingerprint density at radius 3 is 2.47 bits per heavy atom. The van der Waals surface area contributed by atoms with E-state index in [2.05, 4.69) is 27.7 Å². The smallest absolute Gasteiger partial charge is 0.410 e. The second-order valence-electron chi connectivity index (χ2n) is 6.18. The maximum atomic E-state index is 12.2. The zero-order valence-corrected chi connectivity index (χ0v) is 11.5. The van der Waals surface area contributed by atoms with Gasteiger partial charge in [-0.1, -0.05) is 27.7 Å². The summed E-state index contributed by atoms with van der Waals surface area (Å²) in [5.41, 5.74) is -0.254. The van der Waals surface area contributed by atoms with E-state index < -0.39 is 0 Å². The first-order valence-corrected chi connectivity index (χ1v) is 6.97. The lowest BCUT2D eigenvalue weighted by atomic mass is 9.73. The van der Waals surface area contributed by atoms with Crippen LogP contribution in [0, 0.1) is 11.8 Å². The van der Waals surface area contributed by atoms with Gasteiger partial charge in [-0.05, 0) is 31.1 Å². The molecule has 2 heterocycles. The number of carbonyl (C=O) groups is 1. The Morgan fingerprint density at radius 2 is 1.88 bits per heavy atom. The SMILES string of the molecule is CC(C)C1(C(C)C)CC2CCCCN2C(=O)O1. The summed E-state index contributed by atoms with van der Waals surface area (Å²) >= 11 is 0. The van der Waals surface area contributed by atoms with E-state index in [1.54, 1.807) is 0 Å². The summed E-state index contributed by atoms with van der Waals surface area (Å²) in [6.07, 6.45) is 4.45. The fourth-order valence-electron chi connectivity index (χ4n) is 3.46. The van der Waals surface area contributed by atoms with Crippen LogP contribution in [-0.2, 0) is 4.74 Å². The van der Waals surface area contributed by atoms with Gasteiger partial charge in [0.1, 0.15) is 5.60 Å². The van der Waals surface area contributed by atoms with Gasteiger partial charge in [0.15, 0.2) is 0 Å². The van der Waals surface area contributed by atoms with Crippen molar-refractivity contribution in [1.29, 1.82) is 0 Å². The summed E-state index contributed by atoms with van der Waals surface area (Å²) in [5, 5.41) is 0. The van der Waals surface area contributed by atoms with Crippen molar-refractivity contribution in [2.75, 3.05) is 6.54 Å². The molecule has 0 bridgehead atoms. The second kappa shape index (κ2) is 4.51. The lowest BCUT2D eigenvalue weighted by molar-refractivity contribution is -0.126. The lowest BCUT2D eigenvalue weighted by Gasteiger charge is -2.51. The topological polar surface area (TPSA) is 29.5 Å². The van der Waals surface area contributed by atoms with E-state index in [1.165, 1.54) is 6.42 Å². The van der Waals surface area contributed by atoms with Crippen molar-refractivity contribution >= 4 is 6.09 Å². The van der Waals surface area contributed by atoms with E-state index in [1.807, 2.05) is 4.90 Å². The van der Waals surface area contributed by atoms with Gasteiger partial charge in [-0.25, -0.2) is 4.79 Å². The summed E-state index contributed by atoms with van der Waals surface area (Å²) < 4.78 is 5.85. The van der Waals surface area contributed by atoms with Gasteiger partial charge in [0, 0.05) is 19.0 Å². The molecule has 98 valence electrons. The zero-order valence-electron chi connectivity index (χ0n) is 11.5. The Kier molecular flexibility index (Phi) is 3.37. The van der Waals surface area contributed by atoms with Crippen LogP contribution in [-0.4, -0.2) is 29.2 Å². The molecule has 0 aromatic carbocycles. The number of hydrogen-bond acceptors (Lipinski definition) is 2. The molecule has 0 aromatic heterocycles. The van der Waals surface area contributed by atoms with Gasteiger partial charge in [-0.15, -0.1) is 0 Å². The highest BCUT2D eigenvalue weighted by Crippen LogP contribution is 2.42. The maximum absolute atomic E-state index is 12.2. The molecule has 0 saturated carbocycles. The van der Waals surface area contributed by atoms with Crippen molar-refractivity contribution < 1.29 is 9.53 Å². The predicted molar refractivity (Wildman–Crippen MR) is 67.9 cm³/mol. The zero-order chi connectivity index (χ0) is 12.6. The molecule has 0 aromatic rings. The van der Waals surface area contributed by atoms with Crippen LogP contribution in [0.1, 0.15) is 53.4 Å². The minimum absolute atomic E-state index is 0.0802. The van der Waals surface area contributed by atoms with Crippen molar-refractivity contribution in [1.82, 2.24) is 4.90 Å². The first kappa shape index (κ1) is 12.7.